The molecule has 134 valence electrons. The van der Waals surface area contributed by atoms with Crippen LogP contribution in [0.4, 0.5) is 0 Å². The first-order valence-corrected chi connectivity index (χ1v) is 8.54. The van der Waals surface area contributed by atoms with Crippen LogP contribution in [0.3, 0.4) is 0 Å². The minimum Gasteiger partial charge on any atom is -0.480 e. The first-order chi connectivity index (χ1) is 11.7. The van der Waals surface area contributed by atoms with Gasteiger partial charge in [-0.15, -0.1) is 0 Å². The number of hydrogen-bond acceptors (Lipinski definition) is 5. The molecule has 0 saturated heterocycles. The first-order valence-electron chi connectivity index (χ1n) is 8.16. The van der Waals surface area contributed by atoms with Crippen molar-refractivity contribution in [1.29, 1.82) is 0 Å². The van der Waals surface area contributed by atoms with Crippen LogP contribution < -0.4 is 10.1 Å². The van der Waals surface area contributed by atoms with Crippen molar-refractivity contribution in [3.63, 3.8) is 0 Å². The number of rotatable bonds is 3. The Morgan fingerprint density at radius 2 is 2.12 bits per heavy atom. The van der Waals surface area contributed by atoms with Gasteiger partial charge in [-0.3, -0.25) is 0 Å². The second-order valence-corrected chi connectivity index (χ2v) is 7.43. The summed E-state index contributed by atoms with van der Waals surface area (Å²) in [6, 6.07) is 1.77. The van der Waals surface area contributed by atoms with E-state index in [0.29, 0.717) is 28.7 Å². The molecule has 0 amide bonds. The third-order valence-electron chi connectivity index (χ3n) is 4.18. The van der Waals surface area contributed by atoms with Crippen LogP contribution in [-0.4, -0.2) is 35.7 Å². The molecule has 0 spiro atoms. The fourth-order valence-electron chi connectivity index (χ4n) is 3.08. The molecule has 0 atom stereocenters. The maximum atomic E-state index is 12.6. The van der Waals surface area contributed by atoms with E-state index in [2.05, 4.69) is 29.1 Å². The highest BCUT2D eigenvalue weighted by Gasteiger charge is 2.34. The molecule has 2 aromatic rings. The number of methoxy groups -OCH3 is 1. The summed E-state index contributed by atoms with van der Waals surface area (Å²) in [5.41, 5.74) is 3.32. The number of ether oxygens (including phenoxy) is 2. The number of esters is 1. The number of nitrogens with zero attached hydrogens (tertiary/aromatic N) is 1. The number of halogens is 1. The van der Waals surface area contributed by atoms with Gasteiger partial charge in [-0.2, -0.15) is 0 Å². The van der Waals surface area contributed by atoms with Gasteiger partial charge in [-0.25, -0.2) is 9.78 Å². The molecule has 6 nitrogen and oxygen atoms in total. The van der Waals surface area contributed by atoms with E-state index in [4.69, 9.17) is 21.1 Å². The third-order valence-corrected chi connectivity index (χ3v) is 4.45. The quantitative estimate of drug-likeness (QED) is 0.817. The number of hydrogen-bond donors (Lipinski definition) is 2. The van der Waals surface area contributed by atoms with Crippen molar-refractivity contribution in [2.24, 2.45) is 0 Å². The molecule has 0 radical (unpaired) electrons. The molecule has 7 heteroatoms. The average molecular weight is 364 g/mol. The molecule has 2 N–H and O–H groups in total. The van der Waals surface area contributed by atoms with Crippen molar-refractivity contribution in [3.05, 3.63) is 28.5 Å². The monoisotopic (exact) mass is 363 g/mol. The fraction of sp³-hybridized carbons (Fsp3) is 0.444. The van der Waals surface area contributed by atoms with Crippen LogP contribution in [0.5, 0.6) is 5.88 Å². The van der Waals surface area contributed by atoms with Crippen molar-refractivity contribution in [2.45, 2.75) is 39.2 Å². The molecule has 0 aliphatic carbocycles. The molecule has 0 saturated carbocycles. The minimum atomic E-state index is -0.383. The van der Waals surface area contributed by atoms with E-state index in [1.807, 2.05) is 13.8 Å². The van der Waals surface area contributed by atoms with Crippen molar-refractivity contribution in [3.8, 4) is 5.88 Å². The summed E-state index contributed by atoms with van der Waals surface area (Å²) in [5.74, 6) is -0.0228. The Hall–Kier alpha value is -2.21. The van der Waals surface area contributed by atoms with Crippen LogP contribution in [0, 0.1) is 0 Å². The Kier molecular flexibility index (Phi) is 4.41. The molecule has 3 rings (SSSR count). The van der Waals surface area contributed by atoms with Gasteiger partial charge in [0.25, 0.3) is 0 Å². The minimum absolute atomic E-state index is 0.204. The maximum absolute atomic E-state index is 12.6. The fourth-order valence-corrected chi connectivity index (χ4v) is 3.31. The molecular formula is C18H22ClN3O3. The zero-order valence-electron chi connectivity index (χ0n) is 15.0. The van der Waals surface area contributed by atoms with Crippen molar-refractivity contribution < 1.29 is 14.3 Å². The summed E-state index contributed by atoms with van der Waals surface area (Å²) >= 11 is 6.21. The highest BCUT2D eigenvalue weighted by atomic mass is 35.5. The number of nitrogens with one attached hydrogen (secondary N) is 2. The normalized spacial score (nSPS) is 16.0. The smallest absolute Gasteiger partial charge is 0.342 e. The van der Waals surface area contributed by atoms with Gasteiger partial charge in [0.05, 0.1) is 35.5 Å². The SMILES string of the molecule is COc1nc2c3c([nH]c2cc1Cl)C(C(=O)OC(C)C)=CNCC3(C)C. The van der Waals surface area contributed by atoms with Crippen LogP contribution in [0.15, 0.2) is 12.3 Å². The lowest BCUT2D eigenvalue weighted by molar-refractivity contribution is -0.140. The average Bonchev–Trinajstić information content (AvgIpc) is 2.81. The van der Waals surface area contributed by atoms with Crippen LogP contribution in [0.2, 0.25) is 5.02 Å². The summed E-state index contributed by atoms with van der Waals surface area (Å²) in [4.78, 5) is 20.4. The summed E-state index contributed by atoms with van der Waals surface area (Å²) in [6.07, 6.45) is 1.50. The maximum Gasteiger partial charge on any atom is 0.342 e. The van der Waals surface area contributed by atoms with E-state index in [-0.39, 0.29) is 17.5 Å². The van der Waals surface area contributed by atoms with Gasteiger partial charge in [0.1, 0.15) is 5.02 Å². The number of aromatic nitrogens is 2. The molecule has 1 aliphatic heterocycles. The molecule has 1 aliphatic rings. The Bertz CT molecular complexity index is 868. The standard InChI is InChI=1S/C18H22ClN3O3/c1-9(2)25-17(23)10-7-20-8-18(3,4)13-14(10)21-12-6-11(19)16(24-5)22-15(12)13/h6-7,9,20-21H,8H2,1-5H3. The number of pyridine rings is 1. The van der Waals surface area contributed by atoms with Crippen molar-refractivity contribution in [1.82, 2.24) is 15.3 Å². The molecular weight excluding hydrogens is 342 g/mol. The highest BCUT2D eigenvalue weighted by molar-refractivity contribution is 6.32. The number of carbonyl (C=O) groups is 1. The van der Waals surface area contributed by atoms with Crippen molar-refractivity contribution in [2.75, 3.05) is 13.7 Å². The molecule has 2 aromatic heterocycles. The molecule has 3 heterocycles. The van der Waals surface area contributed by atoms with E-state index in [9.17, 15) is 4.79 Å². The summed E-state index contributed by atoms with van der Waals surface area (Å²) < 4.78 is 10.7. The highest BCUT2D eigenvalue weighted by Crippen LogP contribution is 2.39. The van der Waals surface area contributed by atoms with E-state index < -0.39 is 0 Å². The zero-order chi connectivity index (χ0) is 18.4. The van der Waals surface area contributed by atoms with Gasteiger partial charge in [-0.1, -0.05) is 25.4 Å². The number of aromatic amines is 1. The van der Waals surface area contributed by atoms with Gasteiger partial charge >= 0.3 is 5.97 Å². The van der Waals surface area contributed by atoms with Gasteiger partial charge in [0, 0.05) is 23.7 Å². The van der Waals surface area contributed by atoms with E-state index in [1.165, 1.54) is 7.11 Å². The Balaban J connectivity index is 2.26. The zero-order valence-corrected chi connectivity index (χ0v) is 15.7. The van der Waals surface area contributed by atoms with Gasteiger partial charge in [-0.05, 0) is 19.9 Å². The number of fused-ring (bicyclic) bond motifs is 3. The van der Waals surface area contributed by atoms with Crippen LogP contribution in [0.25, 0.3) is 16.6 Å². The molecule has 0 unspecified atom stereocenters. The van der Waals surface area contributed by atoms with Gasteiger partial charge < -0.3 is 19.8 Å². The lowest BCUT2D eigenvalue weighted by atomic mass is 9.83. The Labute approximate surface area is 151 Å². The van der Waals surface area contributed by atoms with E-state index in [0.717, 1.165) is 16.6 Å². The third kappa shape index (κ3) is 3.06. The lowest BCUT2D eigenvalue weighted by Crippen LogP contribution is -2.29. The van der Waals surface area contributed by atoms with Gasteiger partial charge in [0.15, 0.2) is 0 Å². The van der Waals surface area contributed by atoms with E-state index in [1.54, 1.807) is 12.3 Å². The Morgan fingerprint density at radius 1 is 1.40 bits per heavy atom. The molecule has 25 heavy (non-hydrogen) atoms. The van der Waals surface area contributed by atoms with Crippen molar-refractivity contribution >= 4 is 34.2 Å². The Morgan fingerprint density at radius 3 is 2.76 bits per heavy atom. The topological polar surface area (TPSA) is 76.2 Å². The first kappa shape index (κ1) is 17.6. The molecule has 0 fully saturated rings. The summed E-state index contributed by atoms with van der Waals surface area (Å²) in [6.45, 7) is 8.49. The summed E-state index contributed by atoms with van der Waals surface area (Å²) in [7, 11) is 1.53. The molecule has 0 bridgehead atoms. The predicted octanol–water partition coefficient (Wildman–Crippen LogP) is 3.40. The predicted molar refractivity (Wildman–Crippen MR) is 97.9 cm³/mol. The van der Waals surface area contributed by atoms with E-state index >= 15 is 0 Å². The van der Waals surface area contributed by atoms with Gasteiger partial charge in [0.2, 0.25) is 5.88 Å². The number of H-pyrrole nitrogens is 1. The second kappa shape index (κ2) is 6.26. The molecule has 0 aromatic carbocycles. The second-order valence-electron chi connectivity index (χ2n) is 7.03. The number of carbonyl (C=O) groups excluding carboxylic acids is 1. The summed E-state index contributed by atoms with van der Waals surface area (Å²) in [5, 5.41) is 3.63. The van der Waals surface area contributed by atoms with Crippen LogP contribution >= 0.6 is 11.6 Å². The lowest BCUT2D eigenvalue weighted by Gasteiger charge is -2.23. The largest absolute Gasteiger partial charge is 0.480 e. The van der Waals surface area contributed by atoms with Crippen LogP contribution in [-0.2, 0) is 14.9 Å². The van der Waals surface area contributed by atoms with Crippen LogP contribution in [0.1, 0.15) is 39.0 Å².